The van der Waals surface area contributed by atoms with Gasteiger partial charge in [0.25, 0.3) is 0 Å². The molecule has 0 saturated heterocycles. The second-order valence-electron chi connectivity index (χ2n) is 5.14. The topological polar surface area (TPSA) is 77.8 Å². The zero-order valence-electron chi connectivity index (χ0n) is 10.7. The lowest BCUT2D eigenvalue weighted by atomic mass is 9.76. The van der Waals surface area contributed by atoms with Crippen LogP contribution in [-0.4, -0.2) is 21.3 Å². The van der Waals surface area contributed by atoms with Crippen LogP contribution in [0.5, 0.6) is 11.5 Å². The van der Waals surface area contributed by atoms with E-state index >= 15 is 0 Å². The molecule has 18 heavy (non-hydrogen) atoms. The minimum atomic E-state index is -0.903. The second-order valence-corrected chi connectivity index (χ2v) is 5.14. The number of carboxylic acids is 1. The van der Waals surface area contributed by atoms with Gasteiger partial charge >= 0.3 is 5.97 Å². The number of phenols is 2. The SMILES string of the molecule is Cc1c(C2(C(=O)O)CCCC2)cc(O)c(O)c1C. The summed E-state index contributed by atoms with van der Waals surface area (Å²) < 4.78 is 0. The summed E-state index contributed by atoms with van der Waals surface area (Å²) in [6, 6.07) is 1.41. The molecular weight excluding hydrogens is 232 g/mol. The Labute approximate surface area is 106 Å². The largest absolute Gasteiger partial charge is 0.504 e. The zero-order valence-corrected chi connectivity index (χ0v) is 10.7. The fourth-order valence-corrected chi connectivity index (χ4v) is 2.96. The van der Waals surface area contributed by atoms with Crippen molar-refractivity contribution in [2.75, 3.05) is 0 Å². The maximum Gasteiger partial charge on any atom is 0.314 e. The van der Waals surface area contributed by atoms with Crippen LogP contribution in [0.4, 0.5) is 0 Å². The molecule has 0 atom stereocenters. The Kier molecular flexibility index (Phi) is 2.97. The van der Waals surface area contributed by atoms with E-state index < -0.39 is 11.4 Å². The third kappa shape index (κ3) is 1.64. The van der Waals surface area contributed by atoms with Crippen molar-refractivity contribution in [3.8, 4) is 11.5 Å². The number of benzene rings is 1. The average molecular weight is 250 g/mol. The van der Waals surface area contributed by atoms with Gasteiger partial charge in [-0.25, -0.2) is 0 Å². The van der Waals surface area contributed by atoms with E-state index in [1.54, 1.807) is 13.8 Å². The molecule has 0 heterocycles. The zero-order chi connectivity index (χ0) is 13.5. The van der Waals surface area contributed by atoms with Gasteiger partial charge in [0, 0.05) is 0 Å². The third-order valence-corrected chi connectivity index (χ3v) is 4.23. The smallest absolute Gasteiger partial charge is 0.314 e. The van der Waals surface area contributed by atoms with Crippen LogP contribution in [0.15, 0.2) is 6.07 Å². The molecule has 4 nitrogen and oxygen atoms in total. The van der Waals surface area contributed by atoms with Crippen molar-refractivity contribution in [3.05, 3.63) is 22.8 Å². The summed E-state index contributed by atoms with van der Waals surface area (Å²) in [5.74, 6) is -1.23. The Morgan fingerprint density at radius 1 is 1.17 bits per heavy atom. The predicted molar refractivity (Wildman–Crippen MR) is 67.0 cm³/mol. The number of phenolic OH excluding ortho intramolecular Hbond substituents is 2. The molecule has 1 aromatic rings. The molecule has 0 unspecified atom stereocenters. The van der Waals surface area contributed by atoms with Crippen molar-refractivity contribution in [2.24, 2.45) is 0 Å². The lowest BCUT2D eigenvalue weighted by molar-refractivity contribution is -0.143. The Morgan fingerprint density at radius 2 is 1.72 bits per heavy atom. The minimum absolute atomic E-state index is 0.158. The molecule has 0 spiro atoms. The first kappa shape index (κ1) is 12.7. The van der Waals surface area contributed by atoms with Gasteiger partial charge in [-0.05, 0) is 49.4 Å². The van der Waals surface area contributed by atoms with Crippen LogP contribution >= 0.6 is 0 Å². The van der Waals surface area contributed by atoms with Gasteiger partial charge in [-0.3, -0.25) is 4.79 Å². The van der Waals surface area contributed by atoms with E-state index in [4.69, 9.17) is 0 Å². The number of hydrogen-bond acceptors (Lipinski definition) is 3. The van der Waals surface area contributed by atoms with E-state index in [1.807, 2.05) is 0 Å². The predicted octanol–water partition coefficient (Wildman–Crippen LogP) is 2.61. The Bertz CT molecular complexity index is 499. The van der Waals surface area contributed by atoms with Gasteiger partial charge in [-0.15, -0.1) is 0 Å². The maximum atomic E-state index is 11.6. The van der Waals surface area contributed by atoms with E-state index in [-0.39, 0.29) is 11.5 Å². The second kappa shape index (κ2) is 4.19. The fraction of sp³-hybridized carbons (Fsp3) is 0.500. The van der Waals surface area contributed by atoms with E-state index in [0.29, 0.717) is 24.0 Å². The highest BCUT2D eigenvalue weighted by atomic mass is 16.4. The number of aromatic hydroxyl groups is 2. The Morgan fingerprint density at radius 3 is 2.22 bits per heavy atom. The first-order valence-corrected chi connectivity index (χ1v) is 6.16. The van der Waals surface area contributed by atoms with Gasteiger partial charge in [-0.2, -0.15) is 0 Å². The average Bonchev–Trinajstić information content (AvgIpc) is 2.81. The summed E-state index contributed by atoms with van der Waals surface area (Å²) in [5, 5.41) is 28.9. The molecule has 1 aromatic carbocycles. The van der Waals surface area contributed by atoms with Crippen molar-refractivity contribution >= 4 is 5.97 Å². The summed E-state index contributed by atoms with van der Waals surface area (Å²) in [6.45, 7) is 3.49. The van der Waals surface area contributed by atoms with E-state index in [2.05, 4.69) is 0 Å². The number of carboxylic acid groups (broad SMARTS) is 1. The molecule has 1 aliphatic carbocycles. The highest BCUT2D eigenvalue weighted by Gasteiger charge is 2.44. The van der Waals surface area contributed by atoms with Gasteiger partial charge in [0.2, 0.25) is 0 Å². The lowest BCUT2D eigenvalue weighted by Gasteiger charge is -2.27. The normalized spacial score (nSPS) is 17.9. The van der Waals surface area contributed by atoms with Crippen molar-refractivity contribution in [2.45, 2.75) is 44.9 Å². The molecule has 1 saturated carbocycles. The number of aliphatic carboxylic acids is 1. The van der Waals surface area contributed by atoms with Crippen molar-refractivity contribution in [3.63, 3.8) is 0 Å². The molecule has 1 aliphatic rings. The van der Waals surface area contributed by atoms with Crippen LogP contribution in [0.1, 0.15) is 42.4 Å². The van der Waals surface area contributed by atoms with Crippen LogP contribution in [0.3, 0.4) is 0 Å². The fourth-order valence-electron chi connectivity index (χ4n) is 2.96. The van der Waals surface area contributed by atoms with E-state index in [0.717, 1.165) is 18.4 Å². The molecular formula is C14H18O4. The van der Waals surface area contributed by atoms with Crippen LogP contribution in [-0.2, 0) is 10.2 Å². The monoisotopic (exact) mass is 250 g/mol. The summed E-state index contributed by atoms with van der Waals surface area (Å²) in [5.41, 5.74) is 1.05. The number of hydrogen-bond donors (Lipinski definition) is 3. The Balaban J connectivity index is 2.67. The molecule has 0 radical (unpaired) electrons. The summed E-state index contributed by atoms with van der Waals surface area (Å²) in [4.78, 5) is 11.6. The van der Waals surface area contributed by atoms with Crippen LogP contribution in [0.2, 0.25) is 0 Å². The molecule has 0 bridgehead atoms. The van der Waals surface area contributed by atoms with Gasteiger partial charge in [0.15, 0.2) is 11.5 Å². The van der Waals surface area contributed by atoms with Crippen LogP contribution in [0, 0.1) is 13.8 Å². The van der Waals surface area contributed by atoms with E-state index in [9.17, 15) is 20.1 Å². The van der Waals surface area contributed by atoms with Crippen molar-refractivity contribution in [1.29, 1.82) is 0 Å². The Hall–Kier alpha value is -1.71. The van der Waals surface area contributed by atoms with Gasteiger partial charge < -0.3 is 15.3 Å². The lowest BCUT2D eigenvalue weighted by Crippen LogP contribution is -2.33. The molecule has 0 aliphatic heterocycles. The highest BCUT2D eigenvalue weighted by molar-refractivity contribution is 5.83. The molecule has 4 heteroatoms. The van der Waals surface area contributed by atoms with Gasteiger partial charge in [0.1, 0.15) is 0 Å². The molecule has 1 fully saturated rings. The molecule has 98 valence electrons. The molecule has 3 N–H and O–H groups in total. The molecule has 2 rings (SSSR count). The quantitative estimate of drug-likeness (QED) is 0.705. The molecule has 0 aromatic heterocycles. The van der Waals surface area contributed by atoms with Crippen LogP contribution in [0.25, 0.3) is 0 Å². The highest BCUT2D eigenvalue weighted by Crippen LogP contribution is 2.46. The standard InChI is InChI=1S/C14H18O4/c1-8-9(2)12(16)11(15)7-10(8)14(13(17)18)5-3-4-6-14/h7,15-16H,3-6H2,1-2H3,(H,17,18). The van der Waals surface area contributed by atoms with Crippen molar-refractivity contribution in [1.82, 2.24) is 0 Å². The van der Waals surface area contributed by atoms with Gasteiger partial charge in [0.05, 0.1) is 5.41 Å². The van der Waals surface area contributed by atoms with Crippen LogP contribution < -0.4 is 0 Å². The number of carbonyl (C=O) groups is 1. The van der Waals surface area contributed by atoms with Crippen molar-refractivity contribution < 1.29 is 20.1 Å². The summed E-state index contributed by atoms with van der Waals surface area (Å²) in [7, 11) is 0. The van der Waals surface area contributed by atoms with E-state index in [1.165, 1.54) is 6.07 Å². The first-order valence-electron chi connectivity index (χ1n) is 6.16. The third-order valence-electron chi connectivity index (χ3n) is 4.23. The number of rotatable bonds is 2. The molecule has 0 amide bonds. The minimum Gasteiger partial charge on any atom is -0.504 e. The summed E-state index contributed by atoms with van der Waals surface area (Å²) in [6.07, 6.45) is 2.94. The first-order chi connectivity index (χ1) is 8.40. The van der Waals surface area contributed by atoms with Gasteiger partial charge in [-0.1, -0.05) is 12.8 Å². The summed E-state index contributed by atoms with van der Waals surface area (Å²) >= 11 is 0. The maximum absolute atomic E-state index is 11.6.